The van der Waals surface area contributed by atoms with Crippen molar-refractivity contribution in [1.29, 1.82) is 5.26 Å². The zero-order valence-corrected chi connectivity index (χ0v) is 12.7. The van der Waals surface area contributed by atoms with Gasteiger partial charge in [0.2, 0.25) is 0 Å². The van der Waals surface area contributed by atoms with Crippen LogP contribution in [0.25, 0.3) is 6.08 Å². The average molecular weight is 333 g/mol. The molecule has 0 aliphatic heterocycles. The number of nitrogens with one attached hydrogen (secondary N) is 1. The maximum absolute atomic E-state index is 12.0. The second-order valence-electron chi connectivity index (χ2n) is 4.12. The molecule has 22 heavy (non-hydrogen) atoms. The van der Waals surface area contributed by atoms with Crippen LogP contribution < -0.4 is 5.32 Å². The van der Waals surface area contributed by atoms with Crippen molar-refractivity contribution in [3.05, 3.63) is 70.1 Å². The highest BCUT2D eigenvalue weighted by molar-refractivity contribution is 6.44. The molecule has 0 fully saturated rings. The Kier molecular flexibility index (Phi) is 5.42. The zero-order valence-electron chi connectivity index (χ0n) is 11.2. The first-order valence-electron chi connectivity index (χ1n) is 6.19. The van der Waals surface area contributed by atoms with Gasteiger partial charge in [0.1, 0.15) is 17.4 Å². The number of carbonyl (C=O) groups is 1. The Morgan fingerprint density at radius 1 is 1.27 bits per heavy atom. The van der Waals surface area contributed by atoms with Crippen LogP contribution in [0.4, 0.5) is 5.69 Å². The van der Waals surface area contributed by atoms with Crippen LogP contribution in [0.3, 0.4) is 0 Å². The number of nitriles is 1. The number of amides is 1. The second kappa shape index (κ2) is 7.51. The van der Waals surface area contributed by atoms with E-state index in [1.807, 2.05) is 6.07 Å². The molecule has 1 amide bonds. The number of rotatable bonds is 4. The number of halogens is 2. The monoisotopic (exact) mass is 332 g/mol. The molecule has 0 unspecified atom stereocenters. The summed E-state index contributed by atoms with van der Waals surface area (Å²) in [6.07, 6.45) is 6.10. The largest absolute Gasteiger partial charge is 0.465 e. The summed E-state index contributed by atoms with van der Waals surface area (Å²) in [4.78, 5) is 12.0. The van der Waals surface area contributed by atoms with Crippen LogP contribution in [0.5, 0.6) is 0 Å². The normalized spacial score (nSPS) is 11.4. The summed E-state index contributed by atoms with van der Waals surface area (Å²) in [5.41, 5.74) is 0.272. The predicted molar refractivity (Wildman–Crippen MR) is 86.5 cm³/mol. The molecule has 0 spiro atoms. The van der Waals surface area contributed by atoms with Crippen molar-refractivity contribution in [2.24, 2.45) is 0 Å². The third-order valence-electron chi connectivity index (χ3n) is 2.63. The molecule has 1 N–H and O–H groups in total. The summed E-state index contributed by atoms with van der Waals surface area (Å²) in [5, 5.41) is 12.1. The summed E-state index contributed by atoms with van der Waals surface area (Å²) in [6.45, 7) is 0. The summed E-state index contributed by atoms with van der Waals surface area (Å²) in [6, 6.07) is 10.2. The lowest BCUT2D eigenvalue weighted by molar-refractivity contribution is -0.112. The number of allylic oxidation sites excluding steroid dienone is 2. The summed E-state index contributed by atoms with van der Waals surface area (Å²) in [7, 11) is 0. The highest BCUT2D eigenvalue weighted by atomic mass is 35.5. The third kappa shape index (κ3) is 4.01. The van der Waals surface area contributed by atoms with Gasteiger partial charge in [-0.05, 0) is 36.4 Å². The lowest BCUT2D eigenvalue weighted by Gasteiger charge is -2.07. The average Bonchev–Trinajstić information content (AvgIpc) is 3.01. The lowest BCUT2D eigenvalue weighted by Crippen LogP contribution is -2.13. The summed E-state index contributed by atoms with van der Waals surface area (Å²) in [5.74, 6) is 0.0441. The predicted octanol–water partition coefficient (Wildman–Crippen LogP) is 4.69. The van der Waals surface area contributed by atoms with Crippen molar-refractivity contribution in [3.63, 3.8) is 0 Å². The number of nitrogens with zero attached hydrogens (tertiary/aromatic N) is 1. The highest BCUT2D eigenvalue weighted by Gasteiger charge is 2.11. The minimum atomic E-state index is -0.573. The molecule has 0 bridgehead atoms. The summed E-state index contributed by atoms with van der Waals surface area (Å²) >= 11 is 11.8. The van der Waals surface area contributed by atoms with E-state index in [9.17, 15) is 4.79 Å². The number of anilines is 1. The fourth-order valence-electron chi connectivity index (χ4n) is 1.58. The van der Waals surface area contributed by atoms with E-state index in [1.165, 1.54) is 12.3 Å². The van der Waals surface area contributed by atoms with Gasteiger partial charge in [0.15, 0.2) is 0 Å². The first kappa shape index (κ1) is 15.9. The molecule has 6 heteroatoms. The number of benzene rings is 1. The van der Waals surface area contributed by atoms with Crippen LogP contribution in [-0.4, -0.2) is 5.91 Å². The van der Waals surface area contributed by atoms with Crippen LogP contribution >= 0.6 is 23.2 Å². The van der Waals surface area contributed by atoms with Crippen LogP contribution in [-0.2, 0) is 4.79 Å². The van der Waals surface area contributed by atoms with Gasteiger partial charge in [-0.15, -0.1) is 0 Å². The first-order valence-corrected chi connectivity index (χ1v) is 6.94. The molecule has 110 valence electrons. The van der Waals surface area contributed by atoms with Gasteiger partial charge in [0.05, 0.1) is 22.0 Å². The Morgan fingerprint density at radius 2 is 2.09 bits per heavy atom. The van der Waals surface area contributed by atoms with Gasteiger partial charge >= 0.3 is 0 Å². The van der Waals surface area contributed by atoms with Crippen molar-refractivity contribution in [3.8, 4) is 6.07 Å². The second-order valence-corrected chi connectivity index (χ2v) is 4.91. The first-order chi connectivity index (χ1) is 10.6. The molecular formula is C16H10Cl2N2O2. The maximum atomic E-state index is 12.0. The topological polar surface area (TPSA) is 66.0 Å². The molecule has 2 rings (SSSR count). The van der Waals surface area contributed by atoms with E-state index in [1.54, 1.807) is 42.5 Å². The number of hydrogen-bond acceptors (Lipinski definition) is 3. The lowest BCUT2D eigenvalue weighted by atomic mass is 10.2. The third-order valence-corrected chi connectivity index (χ3v) is 3.45. The Morgan fingerprint density at radius 3 is 2.77 bits per heavy atom. The molecule has 0 aliphatic rings. The highest BCUT2D eigenvalue weighted by Crippen LogP contribution is 2.29. The SMILES string of the molecule is N#CC(=CC=Cc1ccco1)C(=O)Nc1cccc(Cl)c1Cl. The quantitative estimate of drug-likeness (QED) is 0.501. The minimum Gasteiger partial charge on any atom is -0.465 e. The van der Waals surface area contributed by atoms with Gasteiger partial charge in [-0.3, -0.25) is 4.79 Å². The molecule has 1 heterocycles. The van der Waals surface area contributed by atoms with Crippen molar-refractivity contribution in [2.75, 3.05) is 5.32 Å². The fraction of sp³-hybridized carbons (Fsp3) is 0. The van der Waals surface area contributed by atoms with Crippen LogP contribution in [0.1, 0.15) is 5.76 Å². The molecule has 0 aliphatic carbocycles. The zero-order chi connectivity index (χ0) is 15.9. The molecule has 0 saturated heterocycles. The van der Waals surface area contributed by atoms with E-state index < -0.39 is 5.91 Å². The molecular weight excluding hydrogens is 323 g/mol. The van der Waals surface area contributed by atoms with E-state index >= 15 is 0 Å². The van der Waals surface area contributed by atoms with Crippen molar-refractivity contribution in [2.45, 2.75) is 0 Å². The summed E-state index contributed by atoms with van der Waals surface area (Å²) < 4.78 is 5.10. The Hall–Kier alpha value is -2.48. The van der Waals surface area contributed by atoms with Gasteiger partial charge in [-0.2, -0.15) is 5.26 Å². The molecule has 4 nitrogen and oxygen atoms in total. The molecule has 1 aromatic carbocycles. The van der Waals surface area contributed by atoms with Gasteiger partial charge < -0.3 is 9.73 Å². The van der Waals surface area contributed by atoms with E-state index in [4.69, 9.17) is 32.9 Å². The van der Waals surface area contributed by atoms with E-state index in [0.717, 1.165) is 0 Å². The Labute approximate surface area is 137 Å². The van der Waals surface area contributed by atoms with Gasteiger partial charge in [-0.25, -0.2) is 0 Å². The number of furan rings is 1. The van der Waals surface area contributed by atoms with Crippen LogP contribution in [0.15, 0.2) is 58.7 Å². The van der Waals surface area contributed by atoms with Crippen LogP contribution in [0.2, 0.25) is 10.0 Å². The van der Waals surface area contributed by atoms with E-state index in [-0.39, 0.29) is 10.6 Å². The number of hydrogen-bond donors (Lipinski definition) is 1. The van der Waals surface area contributed by atoms with Crippen LogP contribution in [0, 0.1) is 11.3 Å². The number of carbonyl (C=O) groups excluding carboxylic acids is 1. The van der Waals surface area contributed by atoms with E-state index in [0.29, 0.717) is 16.5 Å². The molecule has 1 aromatic heterocycles. The molecule has 2 aromatic rings. The molecule has 0 radical (unpaired) electrons. The van der Waals surface area contributed by atoms with Crippen molar-refractivity contribution < 1.29 is 9.21 Å². The molecule has 0 atom stereocenters. The van der Waals surface area contributed by atoms with Gasteiger partial charge in [-0.1, -0.05) is 35.3 Å². The van der Waals surface area contributed by atoms with Gasteiger partial charge in [0, 0.05) is 0 Å². The Balaban J connectivity index is 2.12. The van der Waals surface area contributed by atoms with E-state index in [2.05, 4.69) is 5.32 Å². The minimum absolute atomic E-state index is 0.0705. The van der Waals surface area contributed by atoms with Gasteiger partial charge in [0.25, 0.3) is 5.91 Å². The molecule has 0 saturated carbocycles. The smallest absolute Gasteiger partial charge is 0.266 e. The standard InChI is InChI=1S/C16H10Cl2N2O2/c17-13-7-2-8-14(15(13)18)20-16(21)11(10-19)4-1-5-12-6-3-9-22-12/h1-9H,(H,20,21). The maximum Gasteiger partial charge on any atom is 0.266 e. The van der Waals surface area contributed by atoms with Crippen molar-refractivity contribution >= 4 is 40.9 Å². The fourth-order valence-corrected chi connectivity index (χ4v) is 1.93. The van der Waals surface area contributed by atoms with Crippen molar-refractivity contribution in [1.82, 2.24) is 0 Å². The Bertz CT molecular complexity index is 772.